The van der Waals surface area contributed by atoms with Crippen LogP contribution in [-0.4, -0.2) is 35.0 Å². The Morgan fingerprint density at radius 2 is 0.583 bits per heavy atom. The van der Waals surface area contributed by atoms with Crippen molar-refractivity contribution in [3.05, 3.63) is 0 Å². The second kappa shape index (κ2) is 32.9. The van der Waals surface area contributed by atoms with E-state index in [1.54, 1.807) is 0 Å². The molecule has 0 heterocycles. The van der Waals surface area contributed by atoms with Gasteiger partial charge in [0.05, 0.1) is 0 Å². The zero-order valence-corrected chi connectivity index (χ0v) is 26.1. The Morgan fingerprint density at radius 3 is 0.806 bits per heavy atom. The van der Waals surface area contributed by atoms with Gasteiger partial charge in [-0.15, -0.1) is 0 Å². The van der Waals surface area contributed by atoms with Gasteiger partial charge in [-0.1, -0.05) is 168 Å². The third kappa shape index (κ3) is 31.9. The van der Waals surface area contributed by atoms with Crippen molar-refractivity contribution in [2.45, 2.75) is 194 Å². The molecular formula is C32H64MgO3. The summed E-state index contributed by atoms with van der Waals surface area (Å²) in [5.41, 5.74) is 0. The molecule has 0 N–H and O–H groups in total. The van der Waals surface area contributed by atoms with E-state index < -0.39 is 0 Å². The molecule has 0 unspecified atom stereocenters. The van der Waals surface area contributed by atoms with E-state index in [9.17, 15) is 9.59 Å². The molecule has 0 rings (SSSR count). The van der Waals surface area contributed by atoms with Crippen LogP contribution in [-0.2, 0) is 14.3 Å². The van der Waals surface area contributed by atoms with Crippen LogP contribution in [0.3, 0.4) is 0 Å². The van der Waals surface area contributed by atoms with Crippen molar-refractivity contribution >= 4 is 35.0 Å². The zero-order chi connectivity index (χ0) is 25.7. The fourth-order valence-electron chi connectivity index (χ4n) is 4.80. The number of carbonyl (C=O) groups excluding carboxylic acids is 2. The van der Waals surface area contributed by atoms with Gasteiger partial charge in [-0.3, -0.25) is 9.59 Å². The molecular weight excluding hydrogens is 457 g/mol. The van der Waals surface area contributed by atoms with E-state index in [4.69, 9.17) is 4.74 Å². The van der Waals surface area contributed by atoms with Crippen molar-refractivity contribution in [2.24, 2.45) is 0 Å². The van der Waals surface area contributed by atoms with Gasteiger partial charge in [0.25, 0.3) is 0 Å². The van der Waals surface area contributed by atoms with Gasteiger partial charge in [0.1, 0.15) is 0 Å². The molecule has 0 aliphatic carbocycles. The van der Waals surface area contributed by atoms with Crippen molar-refractivity contribution in [2.75, 3.05) is 0 Å². The van der Waals surface area contributed by atoms with Gasteiger partial charge < -0.3 is 7.59 Å². The molecule has 4 heteroatoms. The zero-order valence-electron chi connectivity index (χ0n) is 26.7. The van der Waals surface area contributed by atoms with Gasteiger partial charge in [-0.05, 0) is 12.8 Å². The number of ether oxygens (including phenoxy) is 1. The third-order valence-corrected chi connectivity index (χ3v) is 7.20. The van der Waals surface area contributed by atoms with E-state index in [1.165, 1.54) is 141 Å². The normalized spacial score (nSPS) is 10.8. The van der Waals surface area contributed by atoms with Crippen LogP contribution in [0.2, 0.25) is 0 Å². The molecule has 0 saturated heterocycles. The minimum absolute atomic E-state index is 0. The largest absolute Gasteiger partial charge is 2.00 e. The van der Waals surface area contributed by atoms with E-state index in [1.807, 2.05) is 0 Å². The van der Waals surface area contributed by atoms with Crippen LogP contribution in [0.1, 0.15) is 196 Å². The van der Waals surface area contributed by atoms with Gasteiger partial charge in [-0.2, -0.15) is 0 Å². The summed E-state index contributed by atoms with van der Waals surface area (Å²) < 4.78 is 4.98. The Morgan fingerprint density at radius 1 is 0.389 bits per heavy atom. The van der Waals surface area contributed by atoms with E-state index in [0.717, 1.165) is 25.7 Å². The molecule has 36 heavy (non-hydrogen) atoms. The van der Waals surface area contributed by atoms with Gasteiger partial charge in [0.2, 0.25) is 0 Å². The van der Waals surface area contributed by atoms with E-state index in [0.29, 0.717) is 12.8 Å². The van der Waals surface area contributed by atoms with E-state index in [-0.39, 0.29) is 37.8 Å². The number of rotatable bonds is 28. The van der Waals surface area contributed by atoms with Gasteiger partial charge in [-0.25, -0.2) is 0 Å². The number of unbranched alkanes of at least 4 members (excludes halogenated alkanes) is 24. The molecule has 0 aromatic rings. The fourth-order valence-corrected chi connectivity index (χ4v) is 4.80. The molecule has 0 atom stereocenters. The van der Waals surface area contributed by atoms with Crippen LogP contribution in [0.25, 0.3) is 0 Å². The summed E-state index contributed by atoms with van der Waals surface area (Å²) in [4.78, 5) is 23.7. The molecule has 3 nitrogen and oxygen atoms in total. The summed E-state index contributed by atoms with van der Waals surface area (Å²) in [7, 11) is 0. The predicted molar refractivity (Wildman–Crippen MR) is 160 cm³/mol. The van der Waals surface area contributed by atoms with Crippen molar-refractivity contribution < 1.29 is 17.2 Å². The summed E-state index contributed by atoms with van der Waals surface area (Å²) in [6.45, 7) is 4.53. The first-order valence-electron chi connectivity index (χ1n) is 15.9. The van der Waals surface area contributed by atoms with Crippen LogP contribution in [0.4, 0.5) is 0 Å². The number of hydrogen-bond donors (Lipinski definition) is 0. The number of esters is 2. The summed E-state index contributed by atoms with van der Waals surface area (Å²) in [5.74, 6) is -0.653. The average Bonchev–Trinajstić information content (AvgIpc) is 2.85. The van der Waals surface area contributed by atoms with E-state index in [2.05, 4.69) is 13.8 Å². The average molecular weight is 521 g/mol. The minimum atomic E-state index is -0.327. The first-order valence-corrected chi connectivity index (χ1v) is 15.9. The molecule has 0 aromatic heterocycles. The maximum absolute atomic E-state index is 11.8. The second-order valence-corrected chi connectivity index (χ2v) is 10.8. The maximum atomic E-state index is 11.8. The SMILES string of the molecule is CCCCCCCCCCCCCCCCCC(=O)OC(=O)CCCCCCCCCCCCC.[H-].[H-].[Mg+2]. The molecule has 0 radical (unpaired) electrons. The standard InChI is InChI=1S/C32H62O3.Mg.2H/c1-3-5-7-9-11-13-15-16-17-18-20-22-24-26-28-30-32(34)35-31(33)29-27-25-23-21-19-14-12-10-8-6-4-2;;;/h3-30H2,1-2H3;;;/q;+2;2*-1. The molecule has 0 amide bonds. The fraction of sp³-hybridized carbons (Fsp3) is 0.938. The Hall–Kier alpha value is -0.0938. The van der Waals surface area contributed by atoms with Crippen LogP contribution in [0.5, 0.6) is 0 Å². The van der Waals surface area contributed by atoms with Crippen LogP contribution < -0.4 is 0 Å². The Labute approximate surface area is 245 Å². The van der Waals surface area contributed by atoms with Crippen LogP contribution in [0.15, 0.2) is 0 Å². The monoisotopic (exact) mass is 520 g/mol. The third-order valence-electron chi connectivity index (χ3n) is 7.20. The topological polar surface area (TPSA) is 43.4 Å². The van der Waals surface area contributed by atoms with Crippen LogP contribution >= 0.6 is 0 Å². The van der Waals surface area contributed by atoms with Gasteiger partial charge in [0.15, 0.2) is 0 Å². The van der Waals surface area contributed by atoms with Crippen molar-refractivity contribution in [1.82, 2.24) is 0 Å². The molecule has 0 fully saturated rings. The predicted octanol–water partition coefficient (Wildman–Crippen LogP) is 10.9. The van der Waals surface area contributed by atoms with E-state index >= 15 is 0 Å². The van der Waals surface area contributed by atoms with Crippen molar-refractivity contribution in [1.29, 1.82) is 0 Å². The molecule has 0 saturated carbocycles. The summed E-state index contributed by atoms with van der Waals surface area (Å²) in [5, 5.41) is 0. The minimum Gasteiger partial charge on any atom is -1.00 e. The smallest absolute Gasteiger partial charge is 1.00 e. The maximum Gasteiger partial charge on any atom is 2.00 e. The summed E-state index contributed by atoms with van der Waals surface area (Å²) in [6, 6.07) is 0. The van der Waals surface area contributed by atoms with Gasteiger partial charge in [0, 0.05) is 12.8 Å². The summed E-state index contributed by atoms with van der Waals surface area (Å²) >= 11 is 0. The molecule has 0 spiro atoms. The quantitative estimate of drug-likeness (QED) is 0.0445. The first kappa shape index (κ1) is 38.1. The molecule has 212 valence electrons. The second-order valence-electron chi connectivity index (χ2n) is 10.8. The number of hydrogen-bond acceptors (Lipinski definition) is 3. The van der Waals surface area contributed by atoms with Crippen molar-refractivity contribution in [3.63, 3.8) is 0 Å². The Bertz CT molecular complexity index is 464. The Kier molecular flexibility index (Phi) is 34.8. The van der Waals surface area contributed by atoms with Crippen molar-refractivity contribution in [3.8, 4) is 0 Å². The molecule has 0 bridgehead atoms. The first-order chi connectivity index (χ1) is 17.2. The Balaban J connectivity index is -0.00000193. The number of carbonyl (C=O) groups is 2. The van der Waals surface area contributed by atoms with Crippen LogP contribution in [0, 0.1) is 0 Å². The summed E-state index contributed by atoms with van der Waals surface area (Å²) in [6.07, 6.45) is 34.3. The van der Waals surface area contributed by atoms with Gasteiger partial charge >= 0.3 is 35.0 Å². The molecule has 0 aromatic carbocycles. The molecule has 0 aliphatic rings. The molecule has 0 aliphatic heterocycles.